The Hall–Kier alpha value is -3.37. The molecular formula is C31H35N3O. The number of rotatable bonds is 7. The molecule has 1 aromatic heterocycles. The van der Waals surface area contributed by atoms with E-state index in [9.17, 15) is 4.79 Å². The molecule has 1 fully saturated rings. The zero-order valence-corrected chi connectivity index (χ0v) is 20.9. The Labute approximate surface area is 208 Å². The monoisotopic (exact) mass is 465 g/mol. The van der Waals surface area contributed by atoms with Gasteiger partial charge in [-0.3, -0.25) is 4.79 Å². The smallest absolute Gasteiger partial charge is 0.223 e. The molecule has 0 aliphatic carbocycles. The van der Waals surface area contributed by atoms with Gasteiger partial charge in [0.2, 0.25) is 5.91 Å². The van der Waals surface area contributed by atoms with Crippen molar-refractivity contribution in [1.29, 1.82) is 0 Å². The van der Waals surface area contributed by atoms with Crippen LogP contribution in [-0.4, -0.2) is 53.0 Å². The van der Waals surface area contributed by atoms with E-state index in [4.69, 9.17) is 0 Å². The lowest BCUT2D eigenvalue weighted by atomic mass is 9.87. The number of hydrogen-bond donors (Lipinski definition) is 0. The van der Waals surface area contributed by atoms with Gasteiger partial charge in [-0.1, -0.05) is 85.3 Å². The van der Waals surface area contributed by atoms with E-state index in [1.807, 2.05) is 0 Å². The zero-order chi connectivity index (χ0) is 24.2. The maximum absolute atomic E-state index is 13.6. The number of carbonyl (C=O) groups is 1. The molecular weight excluding hydrogens is 430 g/mol. The highest BCUT2D eigenvalue weighted by molar-refractivity contribution is 5.87. The number of piperazine rings is 1. The van der Waals surface area contributed by atoms with Crippen molar-refractivity contribution in [3.63, 3.8) is 0 Å². The van der Waals surface area contributed by atoms with E-state index < -0.39 is 0 Å². The first kappa shape index (κ1) is 23.4. The molecule has 0 bridgehead atoms. The largest absolute Gasteiger partial charge is 0.343 e. The van der Waals surface area contributed by atoms with Crippen molar-refractivity contribution < 1.29 is 4.79 Å². The topological polar surface area (TPSA) is 28.5 Å². The Morgan fingerprint density at radius 2 is 1.54 bits per heavy atom. The van der Waals surface area contributed by atoms with Crippen molar-refractivity contribution in [2.24, 2.45) is 0 Å². The van der Waals surface area contributed by atoms with Gasteiger partial charge in [-0.25, -0.2) is 0 Å². The van der Waals surface area contributed by atoms with Crippen LogP contribution in [-0.2, 0) is 11.3 Å². The average Bonchev–Trinajstić information content (AvgIpc) is 3.26. The van der Waals surface area contributed by atoms with Crippen LogP contribution >= 0.6 is 0 Å². The van der Waals surface area contributed by atoms with E-state index in [0.717, 1.165) is 39.3 Å². The molecule has 35 heavy (non-hydrogen) atoms. The van der Waals surface area contributed by atoms with Gasteiger partial charge in [0.05, 0.1) is 0 Å². The van der Waals surface area contributed by atoms with Crippen LogP contribution in [0.2, 0.25) is 0 Å². The fraction of sp³-hybridized carbons (Fsp3) is 0.323. The third-order valence-electron chi connectivity index (χ3n) is 7.42. The average molecular weight is 466 g/mol. The zero-order valence-electron chi connectivity index (χ0n) is 20.9. The van der Waals surface area contributed by atoms with Gasteiger partial charge in [0.25, 0.3) is 0 Å². The van der Waals surface area contributed by atoms with Gasteiger partial charge in [0.1, 0.15) is 0 Å². The van der Waals surface area contributed by atoms with Gasteiger partial charge in [-0.15, -0.1) is 0 Å². The van der Waals surface area contributed by atoms with Gasteiger partial charge in [0.15, 0.2) is 0 Å². The number of benzene rings is 3. The Kier molecular flexibility index (Phi) is 7.01. The van der Waals surface area contributed by atoms with Gasteiger partial charge in [-0.05, 0) is 36.2 Å². The summed E-state index contributed by atoms with van der Waals surface area (Å²) in [4.78, 5) is 18.0. The number of hydrogen-bond acceptors (Lipinski definition) is 2. The second kappa shape index (κ2) is 10.5. The summed E-state index contributed by atoms with van der Waals surface area (Å²) in [6.07, 6.45) is 2.78. The Morgan fingerprint density at radius 1 is 0.857 bits per heavy atom. The number of aryl methyl sites for hydroxylation is 1. The van der Waals surface area contributed by atoms with Crippen molar-refractivity contribution in [2.75, 3.05) is 32.7 Å². The first-order valence-corrected chi connectivity index (χ1v) is 12.8. The Bertz CT molecular complexity index is 1270. The Balaban J connectivity index is 1.51. The lowest BCUT2D eigenvalue weighted by molar-refractivity contribution is -0.133. The molecule has 0 radical (unpaired) electrons. The van der Waals surface area contributed by atoms with Crippen molar-refractivity contribution in [1.82, 2.24) is 14.4 Å². The molecule has 3 aromatic carbocycles. The summed E-state index contributed by atoms with van der Waals surface area (Å²) in [5.41, 5.74) is 6.17. The molecule has 5 rings (SSSR count). The maximum Gasteiger partial charge on any atom is 0.223 e. The van der Waals surface area contributed by atoms with Crippen LogP contribution in [0.5, 0.6) is 0 Å². The van der Waals surface area contributed by atoms with E-state index in [1.54, 1.807) is 0 Å². The highest BCUT2D eigenvalue weighted by Gasteiger charge is 2.27. The fourth-order valence-corrected chi connectivity index (χ4v) is 5.29. The summed E-state index contributed by atoms with van der Waals surface area (Å²) >= 11 is 0. The third kappa shape index (κ3) is 5.18. The third-order valence-corrected chi connectivity index (χ3v) is 7.42. The number of aromatic nitrogens is 1. The predicted octanol–water partition coefficient (Wildman–Crippen LogP) is 5.68. The molecule has 1 aliphatic heterocycles. The number of amides is 1. The molecule has 1 amide bonds. The minimum absolute atomic E-state index is 0.0224. The first-order chi connectivity index (χ1) is 17.1. The van der Waals surface area contributed by atoms with E-state index in [2.05, 4.69) is 113 Å². The molecule has 1 unspecified atom stereocenters. The summed E-state index contributed by atoms with van der Waals surface area (Å²) < 4.78 is 2.34. The van der Waals surface area contributed by atoms with Crippen molar-refractivity contribution >= 4 is 16.8 Å². The Morgan fingerprint density at radius 3 is 2.26 bits per heavy atom. The minimum atomic E-state index is 0.0224. The number of nitrogens with zero attached hydrogens (tertiary/aromatic N) is 3. The van der Waals surface area contributed by atoms with Crippen molar-refractivity contribution in [3.8, 4) is 0 Å². The summed E-state index contributed by atoms with van der Waals surface area (Å²) in [5.74, 6) is 0.278. The first-order valence-electron chi connectivity index (χ1n) is 12.8. The van der Waals surface area contributed by atoms with Crippen LogP contribution < -0.4 is 0 Å². The SMILES string of the molecule is CCN1CCN(C(=O)CC(c2ccc(C)cc2)c2cn(Cc3ccccc3)c3ccccc23)CC1. The summed E-state index contributed by atoms with van der Waals surface area (Å²) in [6, 6.07) is 27.9. The number of fused-ring (bicyclic) bond motifs is 1. The van der Waals surface area contributed by atoms with Crippen LogP contribution in [0.25, 0.3) is 10.9 Å². The number of para-hydroxylation sites is 1. The van der Waals surface area contributed by atoms with Crippen molar-refractivity contribution in [3.05, 3.63) is 107 Å². The molecule has 4 aromatic rings. The van der Waals surface area contributed by atoms with Gasteiger partial charge >= 0.3 is 0 Å². The number of likely N-dealkylation sites (N-methyl/N-ethyl adjacent to an activating group) is 1. The summed E-state index contributed by atoms with van der Waals surface area (Å²) in [7, 11) is 0. The second-order valence-electron chi connectivity index (χ2n) is 9.70. The summed E-state index contributed by atoms with van der Waals surface area (Å²) in [6.45, 7) is 9.75. The van der Waals surface area contributed by atoms with Crippen LogP contribution in [0.3, 0.4) is 0 Å². The highest BCUT2D eigenvalue weighted by atomic mass is 16.2. The summed E-state index contributed by atoms with van der Waals surface area (Å²) in [5, 5.41) is 1.23. The normalized spacial score (nSPS) is 15.4. The van der Waals surface area contributed by atoms with E-state index in [-0.39, 0.29) is 11.8 Å². The molecule has 0 N–H and O–H groups in total. The van der Waals surface area contributed by atoms with Crippen LogP contribution in [0, 0.1) is 6.92 Å². The van der Waals surface area contributed by atoms with Crippen LogP contribution in [0.1, 0.15) is 41.5 Å². The van der Waals surface area contributed by atoms with E-state index in [0.29, 0.717) is 6.42 Å². The lowest BCUT2D eigenvalue weighted by Gasteiger charge is -2.35. The number of carbonyl (C=O) groups excluding carboxylic acids is 1. The molecule has 0 spiro atoms. The van der Waals surface area contributed by atoms with Crippen LogP contribution in [0.4, 0.5) is 0 Å². The highest BCUT2D eigenvalue weighted by Crippen LogP contribution is 2.36. The maximum atomic E-state index is 13.6. The molecule has 1 saturated heterocycles. The molecule has 0 saturated carbocycles. The standard InChI is InChI=1S/C31H35N3O/c1-3-32-17-19-33(20-18-32)31(35)21-28(26-15-13-24(2)14-16-26)29-23-34(22-25-9-5-4-6-10-25)30-12-8-7-11-27(29)30/h4-16,23,28H,3,17-22H2,1-2H3. The van der Waals surface area contributed by atoms with Crippen LogP contribution in [0.15, 0.2) is 85.1 Å². The van der Waals surface area contributed by atoms with E-state index in [1.165, 1.54) is 33.2 Å². The lowest BCUT2D eigenvalue weighted by Crippen LogP contribution is -2.48. The van der Waals surface area contributed by atoms with Gasteiger partial charge in [0, 0.05) is 62.2 Å². The molecule has 180 valence electrons. The fourth-order valence-electron chi connectivity index (χ4n) is 5.29. The quantitative estimate of drug-likeness (QED) is 0.351. The molecule has 4 nitrogen and oxygen atoms in total. The predicted molar refractivity (Wildman–Crippen MR) is 144 cm³/mol. The molecule has 1 aliphatic rings. The van der Waals surface area contributed by atoms with Gasteiger partial charge in [-0.2, -0.15) is 0 Å². The second-order valence-corrected chi connectivity index (χ2v) is 9.70. The van der Waals surface area contributed by atoms with Crippen molar-refractivity contribution in [2.45, 2.75) is 32.7 Å². The van der Waals surface area contributed by atoms with E-state index >= 15 is 0 Å². The molecule has 2 heterocycles. The molecule has 4 heteroatoms. The molecule has 1 atom stereocenters. The minimum Gasteiger partial charge on any atom is -0.343 e. The van der Waals surface area contributed by atoms with Gasteiger partial charge < -0.3 is 14.4 Å².